The summed E-state index contributed by atoms with van der Waals surface area (Å²) in [7, 11) is -3.47. The quantitative estimate of drug-likeness (QED) is 0.517. The Balaban J connectivity index is 1.33. The van der Waals surface area contributed by atoms with Gasteiger partial charge in [0.2, 0.25) is 10.0 Å². The number of hydrogen-bond donors (Lipinski definition) is 2. The summed E-state index contributed by atoms with van der Waals surface area (Å²) in [5, 5.41) is 3.08. The van der Waals surface area contributed by atoms with Crippen LogP contribution in [0, 0.1) is 6.92 Å². The van der Waals surface area contributed by atoms with Crippen LogP contribution in [0.25, 0.3) is 5.82 Å². The molecule has 10 heteroatoms. The Morgan fingerprint density at radius 3 is 2.35 bits per heavy atom. The second-order valence-corrected chi connectivity index (χ2v) is 11.2. The number of rotatable bonds is 6. The van der Waals surface area contributed by atoms with Crippen LogP contribution in [0.3, 0.4) is 0 Å². The van der Waals surface area contributed by atoms with Crippen molar-refractivity contribution in [2.45, 2.75) is 44.7 Å². The molecule has 34 heavy (non-hydrogen) atoms. The van der Waals surface area contributed by atoms with E-state index >= 15 is 0 Å². The lowest BCUT2D eigenvalue weighted by atomic mass is 10.0. The Bertz CT molecular complexity index is 1330. The Hall–Kier alpha value is -3.04. The van der Waals surface area contributed by atoms with Crippen LogP contribution in [-0.4, -0.2) is 42.2 Å². The molecule has 2 aromatic heterocycles. The summed E-state index contributed by atoms with van der Waals surface area (Å²) in [5.74, 6) is 0.411. The van der Waals surface area contributed by atoms with Crippen LogP contribution < -0.4 is 14.9 Å². The Morgan fingerprint density at radius 2 is 1.74 bits per heavy atom. The Labute approximate surface area is 204 Å². The summed E-state index contributed by atoms with van der Waals surface area (Å²) in [4.78, 5) is 20.1. The minimum atomic E-state index is -3.47. The van der Waals surface area contributed by atoms with Crippen molar-refractivity contribution in [1.82, 2.24) is 9.55 Å². The van der Waals surface area contributed by atoms with Crippen LogP contribution in [-0.2, 0) is 10.0 Å². The van der Waals surface area contributed by atoms with Crippen LogP contribution in [0.4, 0.5) is 17.1 Å². The van der Waals surface area contributed by atoms with Crippen molar-refractivity contribution in [2.75, 3.05) is 21.2 Å². The van der Waals surface area contributed by atoms with E-state index in [0.717, 1.165) is 23.5 Å². The van der Waals surface area contributed by atoms with Crippen molar-refractivity contribution in [2.24, 2.45) is 0 Å². The molecule has 0 unspecified atom stereocenters. The molecule has 2 saturated heterocycles. The topological polar surface area (TPSA) is 96.3 Å². The van der Waals surface area contributed by atoms with E-state index in [2.05, 4.69) is 26.0 Å². The number of sulfonamides is 1. The highest BCUT2D eigenvalue weighted by Gasteiger charge is 2.39. The van der Waals surface area contributed by atoms with E-state index < -0.39 is 10.0 Å². The molecule has 178 valence electrons. The summed E-state index contributed by atoms with van der Waals surface area (Å²) >= 11 is 6.10. The highest BCUT2D eigenvalue weighted by atomic mass is 35.5. The number of nitrogens with one attached hydrogen (secondary N) is 2. The summed E-state index contributed by atoms with van der Waals surface area (Å²) in [6, 6.07) is 11.7. The fraction of sp³-hybridized carbons (Fsp3) is 0.333. The third kappa shape index (κ3) is 4.63. The number of aryl methyl sites for hydroxylation is 1. The minimum absolute atomic E-state index is 0.273. The largest absolute Gasteiger partial charge is 0.364 e. The molecule has 2 aliphatic rings. The molecule has 5 rings (SSSR count). The van der Waals surface area contributed by atoms with Gasteiger partial charge in [0.05, 0.1) is 29.4 Å². The minimum Gasteiger partial charge on any atom is -0.364 e. The lowest BCUT2D eigenvalue weighted by Crippen LogP contribution is -2.28. The Kier molecular flexibility index (Phi) is 5.77. The molecular formula is C24H26ClN5O3S. The van der Waals surface area contributed by atoms with Gasteiger partial charge in [0.1, 0.15) is 5.82 Å². The lowest BCUT2D eigenvalue weighted by molar-refractivity contribution is 0.102. The first-order chi connectivity index (χ1) is 16.2. The monoisotopic (exact) mass is 499 g/mol. The van der Waals surface area contributed by atoms with E-state index in [0.29, 0.717) is 28.4 Å². The molecule has 0 atom stereocenters. The average molecular weight is 500 g/mol. The molecule has 1 aromatic carbocycles. The normalized spacial score (nSPS) is 19.4. The number of amides is 1. The van der Waals surface area contributed by atoms with E-state index in [9.17, 15) is 13.2 Å². The zero-order chi connectivity index (χ0) is 24.0. The van der Waals surface area contributed by atoms with Gasteiger partial charge in [-0.2, -0.15) is 0 Å². The smallest absolute Gasteiger partial charge is 0.257 e. The maximum Gasteiger partial charge on any atom is 0.257 e. The molecule has 0 saturated carbocycles. The van der Waals surface area contributed by atoms with Gasteiger partial charge in [0, 0.05) is 34.7 Å². The van der Waals surface area contributed by atoms with Gasteiger partial charge < -0.3 is 14.8 Å². The highest BCUT2D eigenvalue weighted by molar-refractivity contribution is 7.92. The third-order valence-electron chi connectivity index (χ3n) is 6.46. The van der Waals surface area contributed by atoms with Crippen LogP contribution in [0.2, 0.25) is 5.02 Å². The van der Waals surface area contributed by atoms with Gasteiger partial charge >= 0.3 is 0 Å². The maximum atomic E-state index is 12.9. The van der Waals surface area contributed by atoms with Crippen molar-refractivity contribution in [3.8, 4) is 5.82 Å². The van der Waals surface area contributed by atoms with Gasteiger partial charge in [-0.15, -0.1) is 0 Å². The molecule has 3 aromatic rings. The lowest BCUT2D eigenvalue weighted by Gasteiger charge is -2.24. The molecule has 0 aliphatic carbocycles. The number of carbonyl (C=O) groups excluding carboxylic acids is 1. The second-order valence-electron chi connectivity index (χ2n) is 9.04. The molecule has 1 amide bonds. The van der Waals surface area contributed by atoms with Crippen molar-refractivity contribution < 1.29 is 13.2 Å². The second kappa shape index (κ2) is 8.63. The van der Waals surface area contributed by atoms with Crippen molar-refractivity contribution in [3.05, 3.63) is 65.1 Å². The average Bonchev–Trinajstić information content (AvgIpc) is 3.46. The highest BCUT2D eigenvalue weighted by Crippen LogP contribution is 2.40. The predicted molar refractivity (Wildman–Crippen MR) is 135 cm³/mol. The van der Waals surface area contributed by atoms with E-state index in [1.807, 2.05) is 23.8 Å². The van der Waals surface area contributed by atoms with E-state index in [-0.39, 0.29) is 11.6 Å². The zero-order valence-corrected chi connectivity index (χ0v) is 20.5. The molecule has 2 aliphatic heterocycles. The number of halogens is 1. The standard InChI is InChI=1S/C24H26ClN5O3S/c1-15-9-16(24(31)27-18-10-17(25)11-19(12-18)28-34(2,32)33)14-29(15)23-8-7-22(13-26-23)30-20-3-4-21(30)6-5-20/h7-14,20-21,28H,3-6H2,1-2H3,(H,27,31). The zero-order valence-electron chi connectivity index (χ0n) is 19.0. The number of anilines is 3. The summed E-state index contributed by atoms with van der Waals surface area (Å²) in [6.45, 7) is 1.92. The summed E-state index contributed by atoms with van der Waals surface area (Å²) in [5.41, 5.74) is 3.15. The van der Waals surface area contributed by atoms with Crippen molar-refractivity contribution in [1.29, 1.82) is 0 Å². The number of carbonyl (C=O) groups is 1. The number of hydrogen-bond acceptors (Lipinski definition) is 5. The van der Waals surface area contributed by atoms with Crippen molar-refractivity contribution >= 4 is 44.6 Å². The summed E-state index contributed by atoms with van der Waals surface area (Å²) < 4.78 is 27.3. The van der Waals surface area contributed by atoms with Gasteiger partial charge in [-0.25, -0.2) is 13.4 Å². The fourth-order valence-electron chi connectivity index (χ4n) is 5.09. The molecule has 0 spiro atoms. The molecule has 8 nitrogen and oxygen atoms in total. The van der Waals surface area contributed by atoms with Gasteiger partial charge in [-0.05, 0) is 69.0 Å². The molecule has 2 N–H and O–H groups in total. The van der Waals surface area contributed by atoms with Gasteiger partial charge in [-0.3, -0.25) is 9.52 Å². The SMILES string of the molecule is Cc1cc(C(=O)Nc2cc(Cl)cc(NS(C)(=O)=O)c2)cn1-c1ccc(N2C3CCC2CC3)cn1. The van der Waals surface area contributed by atoms with E-state index in [1.54, 1.807) is 18.3 Å². The first kappa shape index (κ1) is 22.7. The maximum absolute atomic E-state index is 12.9. The predicted octanol–water partition coefficient (Wildman–Crippen LogP) is 4.59. The van der Waals surface area contributed by atoms with Gasteiger partial charge in [0.25, 0.3) is 5.91 Å². The first-order valence-electron chi connectivity index (χ1n) is 11.2. The van der Waals surface area contributed by atoms with Gasteiger partial charge in [-0.1, -0.05) is 11.6 Å². The Morgan fingerprint density at radius 1 is 1.06 bits per heavy atom. The number of fused-ring (bicyclic) bond motifs is 2. The van der Waals surface area contributed by atoms with Crippen LogP contribution in [0.15, 0.2) is 48.8 Å². The van der Waals surface area contributed by atoms with Crippen LogP contribution in [0.1, 0.15) is 41.7 Å². The molecule has 2 bridgehead atoms. The number of nitrogens with zero attached hydrogens (tertiary/aromatic N) is 3. The van der Waals surface area contributed by atoms with E-state index in [1.165, 1.54) is 37.8 Å². The molecule has 4 heterocycles. The van der Waals surface area contributed by atoms with Crippen LogP contribution in [0.5, 0.6) is 0 Å². The van der Waals surface area contributed by atoms with Crippen LogP contribution >= 0.6 is 11.6 Å². The first-order valence-corrected chi connectivity index (χ1v) is 13.5. The van der Waals surface area contributed by atoms with E-state index in [4.69, 9.17) is 11.6 Å². The number of benzene rings is 1. The molecular weight excluding hydrogens is 474 g/mol. The molecule has 0 radical (unpaired) electrons. The third-order valence-corrected chi connectivity index (χ3v) is 7.29. The molecule has 2 fully saturated rings. The van der Waals surface area contributed by atoms with Crippen molar-refractivity contribution in [3.63, 3.8) is 0 Å². The fourth-order valence-corrected chi connectivity index (χ4v) is 5.87. The number of pyridine rings is 1. The van der Waals surface area contributed by atoms with Gasteiger partial charge in [0.15, 0.2) is 0 Å². The number of aromatic nitrogens is 2. The summed E-state index contributed by atoms with van der Waals surface area (Å²) in [6.07, 6.45) is 9.77.